The lowest BCUT2D eigenvalue weighted by atomic mass is 9.96. The number of aromatic amines is 1. The number of nitrogens with one attached hydrogen (secondary N) is 2. The maximum absolute atomic E-state index is 14.0. The van der Waals surface area contributed by atoms with Gasteiger partial charge in [0.05, 0.1) is 24.7 Å². The number of hydrogen-bond acceptors (Lipinski definition) is 9. The number of amides is 1. The van der Waals surface area contributed by atoms with E-state index in [9.17, 15) is 9.59 Å². The predicted octanol–water partition coefficient (Wildman–Crippen LogP) is 4.80. The lowest BCUT2D eigenvalue weighted by Crippen LogP contribution is -2.29. The van der Waals surface area contributed by atoms with Crippen LogP contribution in [0.4, 0.5) is 0 Å². The van der Waals surface area contributed by atoms with Crippen molar-refractivity contribution in [3.63, 3.8) is 0 Å². The molecule has 0 saturated heterocycles. The first-order valence-electron chi connectivity index (χ1n) is 15.7. The molecule has 0 aliphatic rings. The van der Waals surface area contributed by atoms with Crippen LogP contribution >= 0.6 is 0 Å². The monoisotopic (exact) mass is 621 g/mol. The van der Waals surface area contributed by atoms with E-state index >= 15 is 0 Å². The molecule has 3 heterocycles. The Kier molecular flexibility index (Phi) is 10.9. The minimum Gasteiger partial charge on any atom is -0.490 e. The van der Waals surface area contributed by atoms with E-state index in [1.54, 1.807) is 19.3 Å². The first-order valence-corrected chi connectivity index (χ1v) is 15.7. The molecule has 5 aromatic rings. The van der Waals surface area contributed by atoms with Crippen LogP contribution in [0.15, 0.2) is 65.7 Å². The number of carbonyl (C=O) groups excluding carboxylic acids is 1. The summed E-state index contributed by atoms with van der Waals surface area (Å²) in [7, 11) is 0. The van der Waals surface area contributed by atoms with Gasteiger partial charge in [-0.2, -0.15) is 5.21 Å². The number of unbranched alkanes of at least 4 members (excludes halogenated alkanes) is 1. The molecule has 1 amide bonds. The standard InChI is InChI=1S/C34H39N9O3/c1-4-6-13-30-29(20-24-14-16-25(17-15-24)27-11-7-8-12-28(27)32-39-41-42-40-32)33(45)43(23(3)38-30)34-36-21-26(22-37-34)46-19-9-18-35-31(44)10-5-2/h7-8,11-12,14-17,21-22H,4-6,9-10,13,18-20H2,1-3H3,(H,35,44)(H,39,40,41,42). The Hall–Kier alpha value is -5.26. The molecule has 0 aliphatic heterocycles. The third-order valence-corrected chi connectivity index (χ3v) is 7.56. The van der Waals surface area contributed by atoms with E-state index in [1.165, 1.54) is 4.57 Å². The van der Waals surface area contributed by atoms with E-state index in [-0.39, 0.29) is 17.4 Å². The number of tetrazole rings is 1. The summed E-state index contributed by atoms with van der Waals surface area (Å²) in [5.41, 5.74) is 5.12. The molecule has 238 valence electrons. The number of hydrogen-bond donors (Lipinski definition) is 2. The SMILES string of the molecule is CCCCc1nc(C)n(-c2ncc(OCCCNC(=O)CCC)cn2)c(=O)c1Cc1ccc(-c2ccccc2-c2nn[nH]n2)cc1. The molecule has 0 radical (unpaired) electrons. The summed E-state index contributed by atoms with van der Waals surface area (Å²) in [6, 6.07) is 16.1. The Morgan fingerprint density at radius 3 is 2.43 bits per heavy atom. The molecule has 2 N–H and O–H groups in total. The van der Waals surface area contributed by atoms with Crippen molar-refractivity contribution >= 4 is 5.91 Å². The molecule has 0 spiro atoms. The van der Waals surface area contributed by atoms with Crippen molar-refractivity contribution in [1.29, 1.82) is 0 Å². The molecular formula is C34H39N9O3. The van der Waals surface area contributed by atoms with E-state index in [0.29, 0.717) is 61.8 Å². The summed E-state index contributed by atoms with van der Waals surface area (Å²) in [6.07, 6.45) is 8.18. The molecule has 0 unspecified atom stereocenters. The Morgan fingerprint density at radius 2 is 1.74 bits per heavy atom. The third-order valence-electron chi connectivity index (χ3n) is 7.56. The summed E-state index contributed by atoms with van der Waals surface area (Å²) < 4.78 is 7.21. The van der Waals surface area contributed by atoms with Crippen molar-refractivity contribution in [3.05, 3.63) is 93.9 Å². The highest BCUT2D eigenvalue weighted by molar-refractivity contribution is 5.80. The second-order valence-electron chi connectivity index (χ2n) is 11.0. The smallest absolute Gasteiger partial charge is 0.264 e. The average Bonchev–Trinajstić information content (AvgIpc) is 3.61. The average molecular weight is 622 g/mol. The number of H-pyrrole nitrogens is 1. The molecule has 0 aliphatic carbocycles. The van der Waals surface area contributed by atoms with Crippen LogP contribution in [-0.4, -0.2) is 59.2 Å². The van der Waals surface area contributed by atoms with Gasteiger partial charge in [0, 0.05) is 30.5 Å². The largest absolute Gasteiger partial charge is 0.490 e. The number of aromatic nitrogens is 8. The zero-order valence-electron chi connectivity index (χ0n) is 26.5. The first-order chi connectivity index (χ1) is 22.5. The van der Waals surface area contributed by atoms with Crippen LogP contribution in [0.3, 0.4) is 0 Å². The number of nitrogens with zero attached hydrogens (tertiary/aromatic N) is 7. The van der Waals surface area contributed by atoms with Crippen LogP contribution < -0.4 is 15.6 Å². The maximum Gasteiger partial charge on any atom is 0.264 e. The summed E-state index contributed by atoms with van der Waals surface area (Å²) >= 11 is 0. The van der Waals surface area contributed by atoms with Gasteiger partial charge in [-0.3, -0.25) is 9.59 Å². The molecule has 0 atom stereocenters. The molecule has 0 saturated carbocycles. The van der Waals surface area contributed by atoms with Gasteiger partial charge in [0.1, 0.15) is 5.82 Å². The zero-order valence-corrected chi connectivity index (χ0v) is 26.5. The van der Waals surface area contributed by atoms with E-state index in [0.717, 1.165) is 47.2 Å². The van der Waals surface area contributed by atoms with Gasteiger partial charge in [-0.25, -0.2) is 19.5 Å². The number of carbonyl (C=O) groups is 1. The molecule has 0 fully saturated rings. The number of rotatable bonds is 15. The fraction of sp³-hybridized carbons (Fsp3) is 0.353. The minimum absolute atomic E-state index is 0.0458. The van der Waals surface area contributed by atoms with E-state index in [4.69, 9.17) is 9.72 Å². The summed E-state index contributed by atoms with van der Waals surface area (Å²) in [4.78, 5) is 39.4. The van der Waals surface area contributed by atoms with Gasteiger partial charge >= 0.3 is 0 Å². The van der Waals surface area contributed by atoms with Crippen LogP contribution in [0, 0.1) is 6.92 Å². The van der Waals surface area contributed by atoms with Gasteiger partial charge in [0.25, 0.3) is 5.56 Å². The number of aryl methyl sites for hydroxylation is 2. The summed E-state index contributed by atoms with van der Waals surface area (Å²) in [5.74, 6) is 1.84. The van der Waals surface area contributed by atoms with Crippen molar-refractivity contribution in [2.75, 3.05) is 13.2 Å². The predicted molar refractivity (Wildman–Crippen MR) is 175 cm³/mol. The second-order valence-corrected chi connectivity index (χ2v) is 11.0. The Bertz CT molecular complexity index is 1780. The first kappa shape index (κ1) is 32.1. The van der Waals surface area contributed by atoms with Crippen LogP contribution in [0.5, 0.6) is 5.75 Å². The molecule has 5 rings (SSSR count). The van der Waals surface area contributed by atoms with E-state index in [2.05, 4.69) is 42.8 Å². The Labute approximate surface area is 267 Å². The fourth-order valence-electron chi connectivity index (χ4n) is 5.20. The molecule has 12 heteroatoms. The van der Waals surface area contributed by atoms with Crippen LogP contribution in [0.25, 0.3) is 28.5 Å². The zero-order chi connectivity index (χ0) is 32.3. The Morgan fingerprint density at radius 1 is 0.978 bits per heavy atom. The van der Waals surface area contributed by atoms with E-state index in [1.807, 2.05) is 55.5 Å². The van der Waals surface area contributed by atoms with Gasteiger partial charge in [-0.15, -0.1) is 10.2 Å². The number of ether oxygens (including phenoxy) is 1. The van der Waals surface area contributed by atoms with E-state index < -0.39 is 0 Å². The molecule has 12 nitrogen and oxygen atoms in total. The van der Waals surface area contributed by atoms with Crippen molar-refractivity contribution in [2.24, 2.45) is 0 Å². The third kappa shape index (κ3) is 7.87. The van der Waals surface area contributed by atoms with Gasteiger partial charge in [-0.05, 0) is 54.5 Å². The Balaban J connectivity index is 1.35. The summed E-state index contributed by atoms with van der Waals surface area (Å²) in [6.45, 7) is 6.85. The number of benzene rings is 2. The quantitative estimate of drug-likeness (QED) is 0.157. The van der Waals surface area contributed by atoms with Crippen LogP contribution in [-0.2, 0) is 17.6 Å². The second kappa shape index (κ2) is 15.6. The maximum atomic E-state index is 14.0. The lowest BCUT2D eigenvalue weighted by molar-refractivity contribution is -0.121. The van der Waals surface area contributed by atoms with Crippen LogP contribution in [0.2, 0.25) is 0 Å². The van der Waals surface area contributed by atoms with Crippen molar-refractivity contribution in [1.82, 2.24) is 45.5 Å². The van der Waals surface area contributed by atoms with Gasteiger partial charge in [0.2, 0.25) is 17.7 Å². The fourth-order valence-corrected chi connectivity index (χ4v) is 5.20. The van der Waals surface area contributed by atoms with Gasteiger partial charge < -0.3 is 10.1 Å². The summed E-state index contributed by atoms with van der Waals surface area (Å²) in [5, 5.41) is 17.4. The van der Waals surface area contributed by atoms with Gasteiger partial charge in [0.15, 0.2) is 5.75 Å². The molecule has 3 aromatic heterocycles. The van der Waals surface area contributed by atoms with Crippen molar-refractivity contribution < 1.29 is 9.53 Å². The molecular weight excluding hydrogens is 582 g/mol. The lowest BCUT2D eigenvalue weighted by Gasteiger charge is -2.15. The van der Waals surface area contributed by atoms with Gasteiger partial charge in [-0.1, -0.05) is 68.8 Å². The van der Waals surface area contributed by atoms with Crippen molar-refractivity contribution in [2.45, 2.75) is 65.7 Å². The van der Waals surface area contributed by atoms with Crippen molar-refractivity contribution in [3.8, 4) is 34.2 Å². The minimum atomic E-state index is -0.179. The molecule has 0 bridgehead atoms. The molecule has 46 heavy (non-hydrogen) atoms. The normalized spacial score (nSPS) is 11.0. The topological polar surface area (TPSA) is 153 Å². The highest BCUT2D eigenvalue weighted by atomic mass is 16.5. The highest BCUT2D eigenvalue weighted by Crippen LogP contribution is 2.30. The highest BCUT2D eigenvalue weighted by Gasteiger charge is 2.18. The molecule has 2 aromatic carbocycles. The van der Waals surface area contributed by atoms with Crippen LogP contribution in [0.1, 0.15) is 68.6 Å².